The number of hydrogen-bond acceptors (Lipinski definition) is 8. The molecule has 1 saturated carbocycles. The molecule has 3 N–H and O–H groups in total. The predicted molar refractivity (Wildman–Crippen MR) is 151 cm³/mol. The number of nitrogens with one attached hydrogen (secondary N) is 1. The number of morpholine rings is 1. The van der Waals surface area contributed by atoms with Crippen LogP contribution in [-0.4, -0.2) is 67.3 Å². The van der Waals surface area contributed by atoms with Crippen LogP contribution in [0.3, 0.4) is 0 Å². The summed E-state index contributed by atoms with van der Waals surface area (Å²) in [5, 5.41) is 2.98. The third-order valence-corrected chi connectivity index (χ3v) is 7.55. The number of benzene rings is 2. The largest absolute Gasteiger partial charge is 0.465 e. The Labute approximate surface area is 238 Å². The molecule has 5 rings (SSSR count). The SMILES string of the molecule is COC(=O)c1ccc(-c2cccc(Oc3ncc(F)cc3C(=O)N[C@H]3CC[C@H](N)CC3)c2)c(CN2CCOCC2)c1. The molecule has 1 amide bonds. The van der Waals surface area contributed by atoms with Crippen molar-refractivity contribution in [2.24, 2.45) is 5.73 Å². The van der Waals surface area contributed by atoms with E-state index < -0.39 is 17.7 Å². The van der Waals surface area contributed by atoms with Crippen molar-refractivity contribution in [1.82, 2.24) is 15.2 Å². The van der Waals surface area contributed by atoms with E-state index in [1.807, 2.05) is 30.3 Å². The molecule has 3 aromatic rings. The lowest BCUT2D eigenvalue weighted by molar-refractivity contribution is 0.0342. The number of amides is 1. The van der Waals surface area contributed by atoms with Gasteiger partial charge in [-0.05, 0) is 72.7 Å². The monoisotopic (exact) mass is 562 g/mol. The van der Waals surface area contributed by atoms with Crippen molar-refractivity contribution in [2.75, 3.05) is 33.4 Å². The molecule has 0 bridgehead atoms. The van der Waals surface area contributed by atoms with Gasteiger partial charge in [0.15, 0.2) is 0 Å². The van der Waals surface area contributed by atoms with Crippen molar-refractivity contribution in [1.29, 1.82) is 0 Å². The second-order valence-corrected chi connectivity index (χ2v) is 10.5. The summed E-state index contributed by atoms with van der Waals surface area (Å²) in [7, 11) is 1.36. The molecule has 41 heavy (non-hydrogen) atoms. The molecule has 2 aliphatic rings. The fraction of sp³-hybridized carbons (Fsp3) is 0.387. The fourth-order valence-electron chi connectivity index (χ4n) is 5.29. The zero-order valence-electron chi connectivity index (χ0n) is 23.1. The van der Waals surface area contributed by atoms with Crippen molar-refractivity contribution < 1.29 is 28.2 Å². The summed E-state index contributed by atoms with van der Waals surface area (Å²) >= 11 is 0. The molecule has 1 saturated heterocycles. The molecular weight excluding hydrogens is 527 g/mol. The maximum Gasteiger partial charge on any atom is 0.337 e. The van der Waals surface area contributed by atoms with Gasteiger partial charge in [0.2, 0.25) is 5.88 Å². The number of esters is 1. The minimum atomic E-state index is -0.625. The van der Waals surface area contributed by atoms with Crippen molar-refractivity contribution in [3.8, 4) is 22.8 Å². The smallest absolute Gasteiger partial charge is 0.337 e. The van der Waals surface area contributed by atoms with Crippen LogP contribution in [0.1, 0.15) is 52.0 Å². The number of carbonyl (C=O) groups excluding carboxylic acids is 2. The average Bonchev–Trinajstić information content (AvgIpc) is 2.99. The average molecular weight is 563 g/mol. The van der Waals surface area contributed by atoms with E-state index in [0.29, 0.717) is 31.1 Å². The van der Waals surface area contributed by atoms with Gasteiger partial charge < -0.3 is 25.3 Å². The molecule has 1 aromatic heterocycles. The van der Waals surface area contributed by atoms with Gasteiger partial charge in [-0.3, -0.25) is 9.69 Å². The number of nitrogens with two attached hydrogens (primary N) is 1. The van der Waals surface area contributed by atoms with Crippen molar-refractivity contribution in [3.05, 3.63) is 77.2 Å². The summed E-state index contributed by atoms with van der Waals surface area (Å²) in [6, 6.07) is 14.1. The lowest BCUT2D eigenvalue weighted by Gasteiger charge is -2.27. The number of pyridine rings is 1. The summed E-state index contributed by atoms with van der Waals surface area (Å²) in [6.45, 7) is 3.53. The van der Waals surface area contributed by atoms with Crippen LogP contribution >= 0.6 is 0 Å². The van der Waals surface area contributed by atoms with E-state index in [-0.39, 0.29) is 23.5 Å². The third-order valence-electron chi connectivity index (χ3n) is 7.55. The molecule has 9 nitrogen and oxygen atoms in total. The Morgan fingerprint density at radius 3 is 2.63 bits per heavy atom. The van der Waals surface area contributed by atoms with Gasteiger partial charge in [0.05, 0.1) is 32.1 Å². The van der Waals surface area contributed by atoms with E-state index in [9.17, 15) is 14.0 Å². The van der Waals surface area contributed by atoms with Crippen molar-refractivity contribution in [3.63, 3.8) is 0 Å². The van der Waals surface area contributed by atoms with E-state index >= 15 is 0 Å². The van der Waals surface area contributed by atoms with E-state index in [1.54, 1.807) is 12.1 Å². The number of aromatic nitrogens is 1. The standard InChI is InChI=1S/C31H35FN4O5/c1-39-31(38)21-5-10-27(22(15-21)19-36-11-13-40-14-12-36)20-3-2-4-26(16-20)41-30-28(17-23(32)18-34-30)29(37)35-25-8-6-24(33)7-9-25/h2-5,10,15-18,24-25H,6-9,11-14,19,33H2,1H3,(H,35,37)/t24-,25-. The third kappa shape index (κ3) is 7.27. The summed E-state index contributed by atoms with van der Waals surface area (Å²) in [5.41, 5.74) is 9.22. The van der Waals surface area contributed by atoms with Crippen LogP contribution in [0.15, 0.2) is 54.7 Å². The van der Waals surface area contributed by atoms with Crippen LogP contribution in [-0.2, 0) is 16.0 Å². The molecule has 2 aromatic carbocycles. The Hall–Kier alpha value is -3.86. The molecule has 0 radical (unpaired) electrons. The lowest BCUT2D eigenvalue weighted by Crippen LogP contribution is -2.40. The minimum absolute atomic E-state index is 0.0168. The normalized spacial score (nSPS) is 19.4. The van der Waals surface area contributed by atoms with Crippen LogP contribution in [0.2, 0.25) is 0 Å². The molecule has 1 aliphatic carbocycles. The first-order valence-electron chi connectivity index (χ1n) is 13.9. The molecule has 0 unspecified atom stereocenters. The van der Waals surface area contributed by atoms with Gasteiger partial charge >= 0.3 is 5.97 Å². The highest BCUT2D eigenvalue weighted by Crippen LogP contribution is 2.32. The number of hydrogen-bond donors (Lipinski definition) is 2. The number of ether oxygens (including phenoxy) is 3. The Morgan fingerprint density at radius 1 is 1.10 bits per heavy atom. The van der Waals surface area contributed by atoms with Gasteiger partial charge in [-0.1, -0.05) is 18.2 Å². The van der Waals surface area contributed by atoms with E-state index in [4.69, 9.17) is 19.9 Å². The van der Waals surface area contributed by atoms with Gasteiger partial charge in [0, 0.05) is 31.7 Å². The summed E-state index contributed by atoms with van der Waals surface area (Å²) in [6.07, 6.45) is 4.24. The second-order valence-electron chi connectivity index (χ2n) is 10.5. The molecule has 0 spiro atoms. The zero-order chi connectivity index (χ0) is 28.8. The number of rotatable bonds is 8. The first-order valence-corrected chi connectivity index (χ1v) is 13.9. The van der Waals surface area contributed by atoms with Crippen molar-refractivity contribution >= 4 is 11.9 Å². The van der Waals surface area contributed by atoms with Gasteiger partial charge in [-0.2, -0.15) is 0 Å². The Bertz CT molecular complexity index is 1390. The van der Waals surface area contributed by atoms with Gasteiger partial charge in [-0.15, -0.1) is 0 Å². The summed E-state index contributed by atoms with van der Waals surface area (Å²) < 4.78 is 30.6. The minimum Gasteiger partial charge on any atom is -0.465 e. The quantitative estimate of drug-likeness (QED) is 0.391. The van der Waals surface area contributed by atoms with Gasteiger partial charge in [-0.25, -0.2) is 14.2 Å². The van der Waals surface area contributed by atoms with Crippen LogP contribution in [0.4, 0.5) is 4.39 Å². The molecule has 216 valence electrons. The first-order chi connectivity index (χ1) is 19.9. The lowest BCUT2D eigenvalue weighted by atomic mass is 9.91. The van der Waals surface area contributed by atoms with Crippen molar-refractivity contribution in [2.45, 2.75) is 44.3 Å². The van der Waals surface area contributed by atoms with E-state index in [2.05, 4.69) is 15.2 Å². The Balaban J connectivity index is 1.40. The number of carbonyl (C=O) groups is 2. The maximum absolute atomic E-state index is 14.2. The predicted octanol–water partition coefficient (Wildman–Crippen LogP) is 4.30. The van der Waals surface area contributed by atoms with Crippen LogP contribution in [0, 0.1) is 5.82 Å². The van der Waals surface area contributed by atoms with Gasteiger partial charge in [0.1, 0.15) is 17.1 Å². The molecule has 0 atom stereocenters. The highest BCUT2D eigenvalue weighted by Gasteiger charge is 2.24. The second kappa shape index (κ2) is 13.2. The van der Waals surface area contributed by atoms with E-state index in [1.165, 1.54) is 7.11 Å². The molecule has 10 heteroatoms. The number of methoxy groups -OCH3 is 1. The molecule has 2 fully saturated rings. The van der Waals surface area contributed by atoms with E-state index in [0.717, 1.165) is 67.7 Å². The topological polar surface area (TPSA) is 116 Å². The van der Waals surface area contributed by atoms with Crippen LogP contribution in [0.5, 0.6) is 11.6 Å². The number of halogens is 1. The Morgan fingerprint density at radius 2 is 1.88 bits per heavy atom. The number of nitrogens with zero attached hydrogens (tertiary/aromatic N) is 2. The summed E-state index contributed by atoms with van der Waals surface area (Å²) in [4.78, 5) is 31.7. The van der Waals surface area contributed by atoms with Crippen LogP contribution in [0.25, 0.3) is 11.1 Å². The summed E-state index contributed by atoms with van der Waals surface area (Å²) in [5.74, 6) is -1.01. The fourth-order valence-corrected chi connectivity index (χ4v) is 5.29. The highest BCUT2D eigenvalue weighted by molar-refractivity contribution is 5.96. The maximum atomic E-state index is 14.2. The van der Waals surface area contributed by atoms with Gasteiger partial charge in [0.25, 0.3) is 5.91 Å². The first kappa shape index (κ1) is 28.7. The highest BCUT2D eigenvalue weighted by atomic mass is 19.1. The molecule has 2 heterocycles. The molecule has 1 aliphatic heterocycles. The molecular formula is C31H35FN4O5. The Kier molecular flexibility index (Phi) is 9.23. The van der Waals surface area contributed by atoms with Crippen LogP contribution < -0.4 is 15.8 Å². The zero-order valence-corrected chi connectivity index (χ0v) is 23.1.